The van der Waals surface area contributed by atoms with E-state index >= 15 is 0 Å². The lowest BCUT2D eigenvalue weighted by molar-refractivity contribution is 0.0601. The van der Waals surface area contributed by atoms with Crippen molar-refractivity contribution < 1.29 is 9.53 Å². The van der Waals surface area contributed by atoms with Crippen molar-refractivity contribution in [3.8, 4) is 0 Å². The average Bonchev–Trinajstić information content (AvgIpc) is 2.76. The Morgan fingerprint density at radius 2 is 1.91 bits per heavy atom. The standard InChI is InChI=1S/C15H14Cl2N2O2S2/c1-7-8(2)23-13(12(7)14(20)21-3)19-15(22)18-9-4-5-10(16)11(17)6-9/h4-6H,1-3H3,(H2,18,19,22). The summed E-state index contributed by atoms with van der Waals surface area (Å²) < 4.78 is 4.83. The SMILES string of the molecule is COC(=O)c1c(NC(=S)Nc2ccc(Cl)c(Cl)c2)sc(C)c1C. The highest BCUT2D eigenvalue weighted by molar-refractivity contribution is 7.80. The molecule has 23 heavy (non-hydrogen) atoms. The van der Waals surface area contributed by atoms with E-state index in [9.17, 15) is 4.79 Å². The van der Waals surface area contributed by atoms with Crippen molar-refractivity contribution in [2.75, 3.05) is 17.7 Å². The largest absolute Gasteiger partial charge is 0.465 e. The monoisotopic (exact) mass is 388 g/mol. The topological polar surface area (TPSA) is 50.4 Å². The van der Waals surface area contributed by atoms with Gasteiger partial charge in [0.1, 0.15) is 5.00 Å². The maximum absolute atomic E-state index is 11.9. The zero-order valence-corrected chi connectivity index (χ0v) is 15.8. The zero-order valence-electron chi connectivity index (χ0n) is 12.6. The molecule has 8 heteroatoms. The Labute approximate surface area is 153 Å². The van der Waals surface area contributed by atoms with Crippen molar-refractivity contribution >= 4 is 68.5 Å². The van der Waals surface area contributed by atoms with E-state index in [0.29, 0.717) is 31.4 Å². The number of anilines is 2. The smallest absolute Gasteiger partial charge is 0.341 e. The Hall–Kier alpha value is -1.34. The van der Waals surface area contributed by atoms with Gasteiger partial charge in [0, 0.05) is 10.6 Å². The highest BCUT2D eigenvalue weighted by atomic mass is 35.5. The molecule has 1 aromatic heterocycles. The molecule has 0 amide bonds. The number of thiocarbonyl (C=S) groups is 1. The summed E-state index contributed by atoms with van der Waals surface area (Å²) >= 11 is 18.6. The summed E-state index contributed by atoms with van der Waals surface area (Å²) in [6, 6.07) is 5.10. The quantitative estimate of drug-likeness (QED) is 0.554. The van der Waals surface area contributed by atoms with Crippen LogP contribution in [0.5, 0.6) is 0 Å². The second-order valence-corrected chi connectivity index (χ2v) is 7.13. The minimum absolute atomic E-state index is 0.342. The van der Waals surface area contributed by atoms with Gasteiger partial charge in [0.25, 0.3) is 0 Å². The Balaban J connectivity index is 2.18. The lowest BCUT2D eigenvalue weighted by Gasteiger charge is -2.11. The van der Waals surface area contributed by atoms with Crippen molar-refractivity contribution in [3.63, 3.8) is 0 Å². The van der Waals surface area contributed by atoms with Crippen LogP contribution in [0.2, 0.25) is 10.0 Å². The number of methoxy groups -OCH3 is 1. The number of hydrogen-bond donors (Lipinski definition) is 2. The summed E-state index contributed by atoms with van der Waals surface area (Å²) in [5, 5.41) is 7.91. The molecule has 0 bridgehead atoms. The molecular weight excluding hydrogens is 375 g/mol. The Morgan fingerprint density at radius 3 is 2.52 bits per heavy atom. The molecule has 1 aromatic carbocycles. The number of benzene rings is 1. The van der Waals surface area contributed by atoms with Gasteiger partial charge in [0.15, 0.2) is 5.11 Å². The Bertz CT molecular complexity index is 775. The minimum atomic E-state index is -0.397. The molecule has 0 aliphatic carbocycles. The first kappa shape index (κ1) is 18.0. The number of nitrogens with one attached hydrogen (secondary N) is 2. The number of carbonyl (C=O) groups is 1. The molecule has 2 rings (SSSR count). The summed E-state index contributed by atoms with van der Waals surface area (Å²) in [6.07, 6.45) is 0. The van der Waals surface area contributed by atoms with E-state index in [1.165, 1.54) is 18.4 Å². The van der Waals surface area contributed by atoms with Crippen LogP contribution in [0.3, 0.4) is 0 Å². The Morgan fingerprint density at radius 1 is 1.22 bits per heavy atom. The van der Waals surface area contributed by atoms with Crippen LogP contribution in [-0.4, -0.2) is 18.2 Å². The molecule has 2 N–H and O–H groups in total. The number of ether oxygens (including phenoxy) is 1. The molecule has 0 atom stereocenters. The van der Waals surface area contributed by atoms with Crippen LogP contribution in [0.1, 0.15) is 20.8 Å². The lowest BCUT2D eigenvalue weighted by Crippen LogP contribution is -2.20. The first-order valence-electron chi connectivity index (χ1n) is 6.54. The van der Waals surface area contributed by atoms with E-state index in [1.54, 1.807) is 18.2 Å². The van der Waals surface area contributed by atoms with Crippen molar-refractivity contribution in [2.45, 2.75) is 13.8 Å². The van der Waals surface area contributed by atoms with Gasteiger partial charge in [0.2, 0.25) is 0 Å². The number of hydrogen-bond acceptors (Lipinski definition) is 4. The van der Waals surface area contributed by atoms with Crippen LogP contribution >= 0.6 is 46.8 Å². The van der Waals surface area contributed by atoms with E-state index in [-0.39, 0.29) is 0 Å². The molecule has 0 fully saturated rings. The number of thiophene rings is 1. The molecule has 0 unspecified atom stereocenters. The number of carbonyl (C=O) groups excluding carboxylic acids is 1. The molecular formula is C15H14Cl2N2O2S2. The van der Waals surface area contributed by atoms with E-state index in [2.05, 4.69) is 10.6 Å². The van der Waals surface area contributed by atoms with Gasteiger partial charge in [-0.3, -0.25) is 0 Å². The van der Waals surface area contributed by atoms with Gasteiger partial charge in [-0.25, -0.2) is 4.79 Å². The first-order valence-corrected chi connectivity index (χ1v) is 8.53. The zero-order chi connectivity index (χ0) is 17.1. The third-order valence-corrected chi connectivity index (χ3v) is 5.25. The molecule has 4 nitrogen and oxygen atoms in total. The van der Waals surface area contributed by atoms with Crippen molar-refractivity contribution in [2.24, 2.45) is 0 Å². The highest BCUT2D eigenvalue weighted by Gasteiger charge is 2.20. The average molecular weight is 389 g/mol. The van der Waals surface area contributed by atoms with Gasteiger partial charge >= 0.3 is 5.97 Å². The third-order valence-electron chi connectivity index (χ3n) is 3.18. The first-order chi connectivity index (χ1) is 10.8. The minimum Gasteiger partial charge on any atom is -0.465 e. The highest BCUT2D eigenvalue weighted by Crippen LogP contribution is 2.33. The predicted octanol–water partition coefficient (Wildman–Crippen LogP) is 5.27. The summed E-state index contributed by atoms with van der Waals surface area (Å²) in [6.45, 7) is 3.81. The van der Waals surface area contributed by atoms with Gasteiger partial charge in [-0.05, 0) is 49.8 Å². The van der Waals surface area contributed by atoms with Gasteiger partial charge in [0.05, 0.1) is 22.7 Å². The van der Waals surface area contributed by atoms with E-state index in [1.807, 2.05) is 13.8 Å². The van der Waals surface area contributed by atoms with Crippen molar-refractivity contribution in [1.82, 2.24) is 0 Å². The predicted molar refractivity (Wildman–Crippen MR) is 101 cm³/mol. The Kier molecular flexibility index (Phi) is 5.86. The normalized spacial score (nSPS) is 10.3. The summed E-state index contributed by atoms with van der Waals surface area (Å²) in [4.78, 5) is 13.0. The van der Waals surface area contributed by atoms with Gasteiger partial charge in [-0.2, -0.15) is 0 Å². The molecule has 0 saturated heterocycles. The van der Waals surface area contributed by atoms with Gasteiger partial charge < -0.3 is 15.4 Å². The fraction of sp³-hybridized carbons (Fsp3) is 0.200. The number of aryl methyl sites for hydroxylation is 1. The second-order valence-electron chi connectivity index (χ2n) is 4.69. The van der Waals surface area contributed by atoms with Crippen LogP contribution in [0.15, 0.2) is 18.2 Å². The van der Waals surface area contributed by atoms with E-state index < -0.39 is 5.97 Å². The van der Waals surface area contributed by atoms with Crippen LogP contribution in [0, 0.1) is 13.8 Å². The molecule has 122 valence electrons. The van der Waals surface area contributed by atoms with Crippen LogP contribution in [0.4, 0.5) is 10.7 Å². The lowest BCUT2D eigenvalue weighted by atomic mass is 10.1. The van der Waals surface area contributed by atoms with Gasteiger partial charge in [-0.1, -0.05) is 23.2 Å². The number of rotatable bonds is 3. The van der Waals surface area contributed by atoms with E-state index in [0.717, 1.165) is 10.4 Å². The molecule has 0 aliphatic rings. The maximum atomic E-state index is 11.9. The van der Waals surface area contributed by atoms with Crippen LogP contribution in [-0.2, 0) is 4.74 Å². The van der Waals surface area contributed by atoms with E-state index in [4.69, 9.17) is 40.2 Å². The maximum Gasteiger partial charge on any atom is 0.341 e. The summed E-state index contributed by atoms with van der Waals surface area (Å²) in [5.74, 6) is -0.397. The molecule has 0 radical (unpaired) electrons. The number of halogens is 2. The van der Waals surface area contributed by atoms with Crippen molar-refractivity contribution in [3.05, 3.63) is 44.2 Å². The van der Waals surface area contributed by atoms with Gasteiger partial charge in [-0.15, -0.1) is 11.3 Å². The molecule has 1 heterocycles. The fourth-order valence-electron chi connectivity index (χ4n) is 1.90. The van der Waals surface area contributed by atoms with Crippen LogP contribution < -0.4 is 10.6 Å². The molecule has 2 aromatic rings. The fourth-order valence-corrected chi connectivity index (χ4v) is 3.54. The molecule has 0 aliphatic heterocycles. The number of esters is 1. The second kappa shape index (κ2) is 7.49. The molecule has 0 spiro atoms. The van der Waals surface area contributed by atoms with Crippen LogP contribution in [0.25, 0.3) is 0 Å². The molecule has 0 saturated carbocycles. The third kappa shape index (κ3) is 4.14. The summed E-state index contributed by atoms with van der Waals surface area (Å²) in [7, 11) is 1.35. The van der Waals surface area contributed by atoms with Crippen molar-refractivity contribution in [1.29, 1.82) is 0 Å². The summed E-state index contributed by atoms with van der Waals surface area (Å²) in [5.41, 5.74) is 2.07.